The Kier molecular flexibility index (Phi) is 2.22. The van der Waals surface area contributed by atoms with Crippen LogP contribution in [0, 0.1) is 0 Å². The molecule has 2 nitrogen and oxygen atoms in total. The van der Waals surface area contributed by atoms with Crippen LogP contribution in [-0.2, 0) is 0 Å². The van der Waals surface area contributed by atoms with Gasteiger partial charge in [-0.3, -0.25) is 9.98 Å². The average Bonchev–Trinajstić information content (AvgIpc) is 2.82. The predicted molar refractivity (Wildman–Crippen MR) is 85.9 cm³/mol. The van der Waals surface area contributed by atoms with Gasteiger partial charge in [0.2, 0.25) is 0 Å². The van der Waals surface area contributed by atoms with Crippen LogP contribution in [0.25, 0.3) is 10.8 Å². The molecule has 3 heteroatoms. The van der Waals surface area contributed by atoms with Gasteiger partial charge in [0.15, 0.2) is 0 Å². The van der Waals surface area contributed by atoms with Crippen molar-refractivity contribution in [3.8, 4) is 0 Å². The fraction of sp³-hybridized carbons (Fsp3) is 0.111. The van der Waals surface area contributed by atoms with Crippen LogP contribution in [0.2, 0.25) is 0 Å². The van der Waals surface area contributed by atoms with Crippen LogP contribution >= 0.6 is 15.9 Å². The van der Waals surface area contributed by atoms with Gasteiger partial charge in [0.05, 0.1) is 10.7 Å². The highest BCUT2D eigenvalue weighted by Crippen LogP contribution is 2.48. The normalized spacial score (nSPS) is 21.4. The van der Waals surface area contributed by atoms with Gasteiger partial charge in [0.1, 0.15) is 12.1 Å². The minimum absolute atomic E-state index is 0.118. The van der Waals surface area contributed by atoms with Crippen molar-refractivity contribution < 1.29 is 0 Å². The van der Waals surface area contributed by atoms with Gasteiger partial charge in [0.25, 0.3) is 0 Å². The summed E-state index contributed by atoms with van der Waals surface area (Å²) in [7, 11) is 0. The zero-order chi connectivity index (χ0) is 14.0. The number of hydrogen-bond donors (Lipinski definition) is 0. The summed E-state index contributed by atoms with van der Waals surface area (Å²) in [6.07, 6.45) is 0. The molecule has 1 heterocycles. The standard InChI is InChI=1S/C18H11BrN2/c19-11-7-8-14-15(9-11)21-18-13-6-2-4-10-3-1-5-12(16(10)13)17(18)20-14/h1-9,17-18H. The third-order valence-corrected chi connectivity index (χ3v) is 4.89. The second-order valence-corrected chi connectivity index (χ2v) is 6.49. The van der Waals surface area contributed by atoms with Crippen molar-refractivity contribution in [3.05, 3.63) is 80.9 Å². The smallest absolute Gasteiger partial charge is 0.103 e. The highest BCUT2D eigenvalue weighted by molar-refractivity contribution is 9.10. The van der Waals surface area contributed by atoms with Crippen molar-refractivity contribution in [2.24, 2.45) is 9.98 Å². The third-order valence-electron chi connectivity index (χ3n) is 4.40. The van der Waals surface area contributed by atoms with E-state index in [0.717, 1.165) is 15.2 Å². The molecular formula is C18H11BrN2. The molecule has 5 rings (SSSR count). The van der Waals surface area contributed by atoms with E-state index in [1.54, 1.807) is 0 Å². The first kappa shape index (κ1) is 11.6. The van der Waals surface area contributed by atoms with E-state index in [0.29, 0.717) is 0 Å². The van der Waals surface area contributed by atoms with E-state index in [4.69, 9.17) is 9.98 Å². The Bertz CT molecular complexity index is 1020. The monoisotopic (exact) mass is 334 g/mol. The highest BCUT2D eigenvalue weighted by Gasteiger charge is 2.34. The van der Waals surface area contributed by atoms with Crippen LogP contribution in [0.1, 0.15) is 23.2 Å². The zero-order valence-corrected chi connectivity index (χ0v) is 12.7. The Balaban J connectivity index is 1.89. The van der Waals surface area contributed by atoms with Crippen LogP contribution in [-0.4, -0.2) is 0 Å². The minimum Gasteiger partial charge on any atom is -0.272 e. The number of rotatable bonds is 0. The number of hydrogen-bond acceptors (Lipinski definition) is 2. The molecular weight excluding hydrogens is 324 g/mol. The van der Waals surface area contributed by atoms with Gasteiger partial charge < -0.3 is 0 Å². The number of fused-ring (bicyclic) bond motifs is 4. The largest absolute Gasteiger partial charge is 0.272 e. The summed E-state index contributed by atoms with van der Waals surface area (Å²) in [5, 5.41) is 4.60. The summed E-state index contributed by atoms with van der Waals surface area (Å²) in [4.78, 5) is 9.96. The van der Waals surface area contributed by atoms with Crippen LogP contribution < -0.4 is 10.7 Å². The maximum atomic E-state index is 4.98. The molecule has 2 atom stereocenters. The maximum Gasteiger partial charge on any atom is 0.103 e. The van der Waals surface area contributed by atoms with Crippen LogP contribution in [0.3, 0.4) is 0 Å². The van der Waals surface area contributed by atoms with Crippen molar-refractivity contribution in [2.75, 3.05) is 0 Å². The second kappa shape index (κ2) is 4.01. The van der Waals surface area contributed by atoms with Gasteiger partial charge in [-0.1, -0.05) is 52.3 Å². The Morgan fingerprint density at radius 2 is 1.43 bits per heavy atom. The van der Waals surface area contributed by atoms with E-state index in [2.05, 4.69) is 58.4 Å². The first-order valence-corrected chi connectivity index (χ1v) is 7.83. The summed E-state index contributed by atoms with van der Waals surface area (Å²) in [6.45, 7) is 0. The highest BCUT2D eigenvalue weighted by atomic mass is 79.9. The van der Waals surface area contributed by atoms with Crippen molar-refractivity contribution in [3.63, 3.8) is 0 Å². The summed E-state index contributed by atoms with van der Waals surface area (Å²) >= 11 is 3.52. The number of halogens is 1. The lowest BCUT2D eigenvalue weighted by Crippen LogP contribution is -2.31. The molecule has 0 aromatic heterocycles. The molecule has 3 aromatic carbocycles. The molecule has 2 aliphatic rings. The first-order valence-electron chi connectivity index (χ1n) is 7.04. The zero-order valence-electron chi connectivity index (χ0n) is 11.1. The van der Waals surface area contributed by atoms with Gasteiger partial charge in [-0.15, -0.1) is 0 Å². The number of benzene rings is 3. The van der Waals surface area contributed by atoms with E-state index in [9.17, 15) is 0 Å². The summed E-state index contributed by atoms with van der Waals surface area (Å²) in [5.74, 6) is 0. The van der Waals surface area contributed by atoms with E-state index in [-0.39, 0.29) is 12.1 Å². The van der Waals surface area contributed by atoms with E-state index < -0.39 is 0 Å². The van der Waals surface area contributed by atoms with E-state index in [1.165, 1.54) is 21.9 Å². The van der Waals surface area contributed by atoms with Crippen molar-refractivity contribution >= 4 is 26.7 Å². The van der Waals surface area contributed by atoms with Gasteiger partial charge in [-0.2, -0.15) is 0 Å². The third kappa shape index (κ3) is 1.52. The molecule has 0 saturated carbocycles. The molecule has 0 spiro atoms. The molecule has 0 radical (unpaired) electrons. The van der Waals surface area contributed by atoms with Gasteiger partial charge in [-0.25, -0.2) is 0 Å². The SMILES string of the molecule is Brc1ccc2c(c1)=NC1c3cccc4cccc(c34)C1N=2. The molecule has 21 heavy (non-hydrogen) atoms. The quantitative estimate of drug-likeness (QED) is 0.599. The summed E-state index contributed by atoms with van der Waals surface area (Å²) < 4.78 is 1.05. The van der Waals surface area contributed by atoms with Crippen molar-refractivity contribution in [1.82, 2.24) is 0 Å². The van der Waals surface area contributed by atoms with E-state index in [1.807, 2.05) is 12.1 Å². The molecule has 3 aromatic rings. The lowest BCUT2D eigenvalue weighted by atomic mass is 10.0. The lowest BCUT2D eigenvalue weighted by molar-refractivity contribution is 0.559. The Labute approximate surface area is 130 Å². The second-order valence-electron chi connectivity index (χ2n) is 5.57. The number of nitrogens with zero attached hydrogens (tertiary/aromatic N) is 2. The Morgan fingerprint density at radius 1 is 0.762 bits per heavy atom. The molecule has 0 amide bonds. The summed E-state index contributed by atoms with van der Waals surface area (Å²) in [6, 6.07) is 19.3. The molecule has 2 unspecified atom stereocenters. The van der Waals surface area contributed by atoms with E-state index >= 15 is 0 Å². The molecule has 0 fully saturated rings. The molecule has 0 saturated heterocycles. The molecule has 0 N–H and O–H groups in total. The molecule has 0 bridgehead atoms. The Hall–Kier alpha value is -2.00. The van der Waals surface area contributed by atoms with Crippen LogP contribution in [0.15, 0.2) is 69.1 Å². The van der Waals surface area contributed by atoms with Gasteiger partial charge in [-0.05, 0) is 40.1 Å². The molecule has 1 aliphatic carbocycles. The first-order chi connectivity index (χ1) is 10.3. The molecule has 100 valence electrons. The van der Waals surface area contributed by atoms with Crippen LogP contribution in [0.5, 0.6) is 0 Å². The predicted octanol–water partition coefficient (Wildman–Crippen LogP) is 3.65. The maximum absolute atomic E-state index is 4.98. The minimum atomic E-state index is 0.118. The fourth-order valence-electron chi connectivity index (χ4n) is 3.52. The Morgan fingerprint density at radius 3 is 2.14 bits per heavy atom. The van der Waals surface area contributed by atoms with Crippen molar-refractivity contribution in [2.45, 2.75) is 12.1 Å². The van der Waals surface area contributed by atoms with Gasteiger partial charge in [0, 0.05) is 4.47 Å². The lowest BCUT2D eigenvalue weighted by Gasteiger charge is -2.17. The van der Waals surface area contributed by atoms with Crippen molar-refractivity contribution in [1.29, 1.82) is 0 Å². The average molecular weight is 335 g/mol. The fourth-order valence-corrected chi connectivity index (χ4v) is 3.87. The molecule has 1 aliphatic heterocycles. The van der Waals surface area contributed by atoms with Gasteiger partial charge >= 0.3 is 0 Å². The summed E-state index contributed by atoms with van der Waals surface area (Å²) in [5.41, 5.74) is 2.62. The van der Waals surface area contributed by atoms with Crippen LogP contribution in [0.4, 0.5) is 0 Å². The topological polar surface area (TPSA) is 24.7 Å².